The molecule has 0 aliphatic rings. The Bertz CT molecular complexity index is 47.8. The van der Waals surface area contributed by atoms with Crippen LogP contribution in [0, 0.1) is 5.92 Å². The molecule has 1 atom stereocenters. The van der Waals surface area contributed by atoms with Gasteiger partial charge in [0, 0.05) is 0 Å². The lowest BCUT2D eigenvalue weighted by atomic mass is 10.1. The highest BCUT2D eigenvalue weighted by molar-refractivity contribution is 7.98. The van der Waals surface area contributed by atoms with Crippen LogP contribution in [0.2, 0.25) is 0 Å². The molecule has 0 fully saturated rings. The Morgan fingerprint density at radius 3 is 2.62 bits per heavy atom. The van der Waals surface area contributed by atoms with Crippen molar-refractivity contribution < 1.29 is 0 Å². The van der Waals surface area contributed by atoms with Crippen LogP contribution in [0.3, 0.4) is 0 Å². The number of hydrogen-bond acceptors (Lipinski definition) is 2. The molecule has 0 amide bonds. The van der Waals surface area contributed by atoms with Gasteiger partial charge in [-0.2, -0.15) is 11.8 Å². The second kappa shape index (κ2) is 5.45. The maximum Gasteiger partial charge on any atom is -0.00512 e. The highest BCUT2D eigenvalue weighted by Crippen LogP contribution is 2.03. The Morgan fingerprint density at radius 1 is 1.62 bits per heavy atom. The second-order valence-electron chi connectivity index (χ2n) is 2.12. The number of nitrogens with two attached hydrogens (primary N) is 1. The van der Waals surface area contributed by atoms with Gasteiger partial charge in [0.25, 0.3) is 0 Å². The Morgan fingerprint density at radius 2 is 2.25 bits per heavy atom. The van der Waals surface area contributed by atoms with E-state index < -0.39 is 0 Å². The lowest BCUT2D eigenvalue weighted by molar-refractivity contribution is 0.581. The van der Waals surface area contributed by atoms with Crippen LogP contribution in [-0.4, -0.2) is 18.6 Å². The minimum atomic E-state index is 0.711. The zero-order valence-corrected chi connectivity index (χ0v) is 6.50. The Balaban J connectivity index is 2.86. The van der Waals surface area contributed by atoms with E-state index in [1.54, 1.807) is 0 Å². The molecule has 2 heteroatoms. The van der Waals surface area contributed by atoms with E-state index in [1.165, 1.54) is 12.2 Å². The van der Waals surface area contributed by atoms with E-state index >= 15 is 0 Å². The fraction of sp³-hybridized carbons (Fsp3) is 1.00. The van der Waals surface area contributed by atoms with Crippen LogP contribution in [-0.2, 0) is 0 Å². The predicted molar refractivity (Wildman–Crippen MR) is 41.2 cm³/mol. The third kappa shape index (κ3) is 4.47. The highest BCUT2D eigenvalue weighted by Gasteiger charge is 1.95. The fourth-order valence-electron chi connectivity index (χ4n) is 0.437. The molecule has 0 aromatic carbocycles. The molecule has 0 bridgehead atoms. The number of rotatable bonds is 4. The molecule has 0 radical (unpaired) electrons. The Hall–Kier alpha value is 0.310. The summed E-state index contributed by atoms with van der Waals surface area (Å²) >= 11 is 1.89. The van der Waals surface area contributed by atoms with E-state index in [2.05, 4.69) is 13.2 Å². The van der Waals surface area contributed by atoms with Crippen LogP contribution >= 0.6 is 11.8 Å². The van der Waals surface area contributed by atoms with Gasteiger partial charge in [-0.15, -0.1) is 0 Å². The molecule has 0 aromatic heterocycles. The van der Waals surface area contributed by atoms with E-state index in [4.69, 9.17) is 5.73 Å². The van der Waals surface area contributed by atoms with Gasteiger partial charge in [0.05, 0.1) is 0 Å². The fourth-order valence-corrected chi connectivity index (χ4v) is 1.07. The quantitative estimate of drug-likeness (QED) is 0.626. The van der Waals surface area contributed by atoms with Crippen LogP contribution < -0.4 is 5.73 Å². The molecule has 0 aliphatic carbocycles. The summed E-state index contributed by atoms with van der Waals surface area (Å²) in [4.78, 5) is 0. The Kier molecular flexibility index (Phi) is 5.66. The van der Waals surface area contributed by atoms with Crippen molar-refractivity contribution in [1.29, 1.82) is 0 Å². The van der Waals surface area contributed by atoms with Gasteiger partial charge in [0.2, 0.25) is 0 Å². The van der Waals surface area contributed by atoms with Gasteiger partial charge in [-0.05, 0) is 30.9 Å². The Labute approximate surface area is 56.0 Å². The first-order chi connectivity index (χ1) is 3.81. The number of thioether (sulfide) groups is 1. The van der Waals surface area contributed by atoms with Crippen LogP contribution in [0.25, 0.3) is 0 Å². The van der Waals surface area contributed by atoms with Gasteiger partial charge >= 0.3 is 0 Å². The molecule has 0 aromatic rings. The van der Waals surface area contributed by atoms with E-state index in [0.29, 0.717) is 5.92 Å². The summed E-state index contributed by atoms with van der Waals surface area (Å²) in [6.07, 6.45) is 3.39. The third-order valence-corrected chi connectivity index (χ3v) is 1.86. The van der Waals surface area contributed by atoms with Crippen molar-refractivity contribution in [2.45, 2.75) is 13.3 Å². The molecular weight excluding hydrogens is 118 g/mol. The SMILES string of the molecule is CSCCC(C)CN. The first kappa shape index (κ1) is 8.31. The first-order valence-electron chi connectivity index (χ1n) is 3.00. The summed E-state index contributed by atoms with van der Waals surface area (Å²) in [5.74, 6) is 1.96. The van der Waals surface area contributed by atoms with Crippen molar-refractivity contribution in [3.8, 4) is 0 Å². The zero-order valence-electron chi connectivity index (χ0n) is 5.68. The minimum absolute atomic E-state index is 0.711. The molecule has 1 unspecified atom stereocenters. The maximum atomic E-state index is 5.40. The first-order valence-corrected chi connectivity index (χ1v) is 4.39. The van der Waals surface area contributed by atoms with Crippen LogP contribution in [0.4, 0.5) is 0 Å². The predicted octanol–water partition coefficient (Wildman–Crippen LogP) is 1.33. The molecule has 0 spiro atoms. The van der Waals surface area contributed by atoms with E-state index in [0.717, 1.165) is 6.54 Å². The van der Waals surface area contributed by atoms with Gasteiger partial charge in [-0.25, -0.2) is 0 Å². The largest absolute Gasteiger partial charge is 0.330 e. The molecule has 50 valence electrons. The van der Waals surface area contributed by atoms with E-state index in [1.807, 2.05) is 11.8 Å². The minimum Gasteiger partial charge on any atom is -0.330 e. The zero-order chi connectivity index (χ0) is 6.41. The average molecular weight is 133 g/mol. The molecule has 0 rings (SSSR count). The summed E-state index contributed by atoms with van der Waals surface area (Å²) in [6.45, 7) is 3.02. The molecule has 0 saturated carbocycles. The summed E-state index contributed by atoms with van der Waals surface area (Å²) < 4.78 is 0. The molecule has 0 aliphatic heterocycles. The van der Waals surface area contributed by atoms with Crippen molar-refractivity contribution in [3.05, 3.63) is 0 Å². The monoisotopic (exact) mass is 133 g/mol. The lowest BCUT2D eigenvalue weighted by Gasteiger charge is -2.04. The molecule has 1 nitrogen and oxygen atoms in total. The van der Waals surface area contributed by atoms with Gasteiger partial charge in [0.1, 0.15) is 0 Å². The topological polar surface area (TPSA) is 26.0 Å². The van der Waals surface area contributed by atoms with Crippen molar-refractivity contribution in [2.24, 2.45) is 11.7 Å². The van der Waals surface area contributed by atoms with Crippen LogP contribution in [0.5, 0.6) is 0 Å². The normalized spacial score (nSPS) is 13.9. The van der Waals surface area contributed by atoms with Crippen LogP contribution in [0.15, 0.2) is 0 Å². The van der Waals surface area contributed by atoms with Crippen molar-refractivity contribution in [2.75, 3.05) is 18.6 Å². The third-order valence-electron chi connectivity index (χ3n) is 1.22. The summed E-state index contributed by atoms with van der Waals surface area (Å²) in [7, 11) is 0. The van der Waals surface area contributed by atoms with Crippen molar-refractivity contribution in [1.82, 2.24) is 0 Å². The standard InChI is InChI=1S/C6H15NS/c1-6(5-7)3-4-8-2/h6H,3-5,7H2,1-2H3. The lowest BCUT2D eigenvalue weighted by Crippen LogP contribution is -2.10. The molecule has 0 saturated heterocycles. The summed E-state index contributed by atoms with van der Waals surface area (Å²) in [5, 5.41) is 0. The maximum absolute atomic E-state index is 5.40. The molecule has 2 N–H and O–H groups in total. The smallest absolute Gasteiger partial charge is 0.00512 e. The van der Waals surface area contributed by atoms with Gasteiger partial charge < -0.3 is 5.73 Å². The second-order valence-corrected chi connectivity index (χ2v) is 3.11. The molecule has 0 heterocycles. The molecule has 8 heavy (non-hydrogen) atoms. The van der Waals surface area contributed by atoms with Gasteiger partial charge in [0.15, 0.2) is 0 Å². The van der Waals surface area contributed by atoms with E-state index in [-0.39, 0.29) is 0 Å². The van der Waals surface area contributed by atoms with Crippen LogP contribution in [0.1, 0.15) is 13.3 Å². The number of hydrogen-bond donors (Lipinski definition) is 1. The average Bonchev–Trinajstić information content (AvgIpc) is 1.83. The van der Waals surface area contributed by atoms with E-state index in [9.17, 15) is 0 Å². The van der Waals surface area contributed by atoms with Crippen molar-refractivity contribution >= 4 is 11.8 Å². The summed E-state index contributed by atoms with van der Waals surface area (Å²) in [5.41, 5.74) is 5.40. The van der Waals surface area contributed by atoms with Crippen molar-refractivity contribution in [3.63, 3.8) is 0 Å². The molecular formula is C6H15NS. The van der Waals surface area contributed by atoms with Gasteiger partial charge in [-0.3, -0.25) is 0 Å². The summed E-state index contributed by atoms with van der Waals surface area (Å²) in [6, 6.07) is 0. The highest BCUT2D eigenvalue weighted by atomic mass is 32.2. The van der Waals surface area contributed by atoms with Gasteiger partial charge in [-0.1, -0.05) is 6.92 Å².